The lowest BCUT2D eigenvalue weighted by Crippen LogP contribution is -2.07. The zero-order chi connectivity index (χ0) is 88.0. The molecule has 0 unspecified atom stereocenters. The maximum Gasteiger partial charge on any atom is 0.200 e. The molecule has 0 saturated heterocycles. The molecule has 13 aromatic rings. The fourth-order valence-corrected chi connectivity index (χ4v) is 14.0. The molecular weight excluding hydrogens is 1510 g/mol. The van der Waals surface area contributed by atoms with E-state index in [-0.39, 0.29) is 104 Å². The maximum atomic E-state index is 10.0. The van der Waals surface area contributed by atoms with Crippen LogP contribution in [0.4, 0.5) is 0 Å². The van der Waals surface area contributed by atoms with Gasteiger partial charge in [0.15, 0.2) is 69.0 Å². The van der Waals surface area contributed by atoms with Crippen LogP contribution in [-0.4, -0.2) is 107 Å². The number of aryl methyl sites for hydroxylation is 13. The summed E-state index contributed by atoms with van der Waals surface area (Å²) in [6.45, 7) is 25.7. The number of rotatable bonds is 13. The van der Waals surface area contributed by atoms with Crippen LogP contribution < -0.4 is 0 Å². The summed E-state index contributed by atoms with van der Waals surface area (Å²) in [6.07, 6.45) is 2.69. The van der Waals surface area contributed by atoms with Crippen LogP contribution in [-0.2, 0) is 32.1 Å². The second-order valence-electron chi connectivity index (χ2n) is 30.2. The minimum atomic E-state index is -0.510. The minimum absolute atomic E-state index is 0.0503. The average molecular weight is 1620 g/mol. The first-order chi connectivity index (χ1) is 55.9. The van der Waals surface area contributed by atoms with Crippen LogP contribution in [0.3, 0.4) is 0 Å². The van der Waals surface area contributed by atoms with Gasteiger partial charge in [0.2, 0.25) is 5.75 Å². The lowest BCUT2D eigenvalue weighted by molar-refractivity contribution is 0.365. The third kappa shape index (κ3) is 22.8. The van der Waals surface area contributed by atoms with Crippen molar-refractivity contribution in [3.63, 3.8) is 0 Å². The summed E-state index contributed by atoms with van der Waals surface area (Å²) in [5.74, 6) is -1.41. The molecule has 0 bridgehead atoms. The third-order valence-electron chi connectivity index (χ3n) is 20.7. The summed E-state index contributed by atoms with van der Waals surface area (Å²) in [5.41, 5.74) is 22.6. The van der Waals surface area contributed by atoms with Crippen molar-refractivity contribution in [1.29, 1.82) is 0 Å². The van der Waals surface area contributed by atoms with Crippen molar-refractivity contribution in [2.24, 2.45) is 0 Å². The lowest BCUT2D eigenvalue weighted by atomic mass is 9.81. The SMILES string of the molecule is Cc1cc(Cc2ccc(O)c(C)c2O)cc(C)c1O.Cc1cc(Cc2ccc(O)c(O)c2O)cc(C)c1O.Cc1cc(Cc2ccc(O)cc2O)cc(C)c1O.Cc1cc(O)c(O)cc1C(c1ccccc1)c1cc(O)c(O)cc1C.Cc1cc(O)c(O)cc1Cc1cc(C)c(O)c(C)c1.Cc1cc(O)c(O)cc1Cc1cc(O)c(O)cc1C. The molecule has 0 aliphatic rings. The molecule has 0 spiro atoms. The van der Waals surface area contributed by atoms with Crippen LogP contribution >= 0.6 is 0 Å². The van der Waals surface area contributed by atoms with E-state index in [0.717, 1.165) is 139 Å². The predicted octanol–water partition coefficient (Wildman–Crippen LogP) is 19.4. The molecule has 119 heavy (non-hydrogen) atoms. The highest BCUT2D eigenvalue weighted by molar-refractivity contribution is 5.60. The second-order valence-corrected chi connectivity index (χ2v) is 30.2. The van der Waals surface area contributed by atoms with Gasteiger partial charge in [-0.2, -0.15) is 0 Å². The fraction of sp³-hybridized carbons (Fsp3) is 0.204. The summed E-state index contributed by atoms with van der Waals surface area (Å²) in [4.78, 5) is 0. The molecule has 0 heterocycles. The third-order valence-corrected chi connectivity index (χ3v) is 20.7. The minimum Gasteiger partial charge on any atom is -0.508 e. The molecule has 622 valence electrons. The Balaban J connectivity index is 0.000000179. The standard InChI is InChI=1S/C21H20O4.2C16H18O3.2C15H16O4.C15H16O3/c1-12-8-17(22)19(24)10-15(12)21(14-6-4-3-5-7-14)16-11-20(25)18(23)9-13(16)2;1-9-6-14(17)15(18)8-13(9)7-12-4-10(2)16(19)11(3)5-12;1-9-6-12(7-10(2)15(9)18)8-13-4-5-14(17)11(3)16(13)19;1-8-3-12(16)14(18)6-10(8)5-11-7-15(19)13(17)4-9(11)2;1-8-5-10(6-9(2)13(8)17)7-11-3-4-12(16)15(19)14(11)18;1-9-5-11(6-10(2)15(9)18)7-12-3-4-13(16)8-14(12)17/h3-11,21-25H,1-2H3;4-6,8,17-19H,7H2,1-3H3;4-7,17-19H,8H2,1-3H3;3-4,6-7,16-19H,5H2,1-2H3;3-6,16-19H,7H2,1-2H3;3-6,8,16-18H,7H2,1-2H3. The van der Waals surface area contributed by atoms with E-state index in [1.807, 2.05) is 155 Å². The first-order valence-corrected chi connectivity index (χ1v) is 38.0. The molecule has 0 atom stereocenters. The molecule has 13 rings (SSSR count). The van der Waals surface area contributed by atoms with Gasteiger partial charge in [0.25, 0.3) is 0 Å². The first kappa shape index (κ1) is 90.2. The Morgan fingerprint density at radius 2 is 0.462 bits per heavy atom. The van der Waals surface area contributed by atoms with Gasteiger partial charge < -0.3 is 107 Å². The number of phenols is 21. The first-order valence-electron chi connectivity index (χ1n) is 38.0. The summed E-state index contributed by atoms with van der Waals surface area (Å²) >= 11 is 0. The molecule has 0 saturated carbocycles. The van der Waals surface area contributed by atoms with Gasteiger partial charge in [0, 0.05) is 42.4 Å². The summed E-state index contributed by atoms with van der Waals surface area (Å²) < 4.78 is 0. The highest BCUT2D eigenvalue weighted by Crippen LogP contribution is 2.45. The molecule has 13 aromatic carbocycles. The highest BCUT2D eigenvalue weighted by Gasteiger charge is 2.25. The van der Waals surface area contributed by atoms with E-state index in [4.69, 9.17) is 0 Å². The Bertz CT molecular complexity index is 5470. The van der Waals surface area contributed by atoms with Crippen molar-refractivity contribution in [2.75, 3.05) is 0 Å². The van der Waals surface area contributed by atoms with Gasteiger partial charge in [-0.25, -0.2) is 0 Å². The number of benzene rings is 13. The molecule has 21 nitrogen and oxygen atoms in total. The summed E-state index contributed by atoms with van der Waals surface area (Å²) in [7, 11) is 0. The monoisotopic (exact) mass is 1620 g/mol. The van der Waals surface area contributed by atoms with Gasteiger partial charge in [0.05, 0.1) is 0 Å². The number of hydrogen-bond donors (Lipinski definition) is 21. The smallest absolute Gasteiger partial charge is 0.200 e. The Morgan fingerprint density at radius 1 is 0.185 bits per heavy atom. The van der Waals surface area contributed by atoms with Crippen LogP contribution in [0, 0.1) is 96.9 Å². The Labute approximate surface area is 691 Å². The van der Waals surface area contributed by atoms with Crippen LogP contribution in [0.5, 0.6) is 121 Å². The van der Waals surface area contributed by atoms with E-state index in [0.29, 0.717) is 60.5 Å². The molecular formula is C98H104O21. The van der Waals surface area contributed by atoms with Crippen molar-refractivity contribution in [3.05, 3.63) is 332 Å². The van der Waals surface area contributed by atoms with Crippen LogP contribution in [0.1, 0.15) is 156 Å². The largest absolute Gasteiger partial charge is 0.508 e. The molecule has 0 aliphatic heterocycles. The highest BCUT2D eigenvalue weighted by atomic mass is 16.3. The maximum absolute atomic E-state index is 10.0. The summed E-state index contributed by atoms with van der Waals surface area (Å²) in [6, 6.07) is 50.9. The molecule has 21 N–H and O–H groups in total. The van der Waals surface area contributed by atoms with Gasteiger partial charge in [-0.3, -0.25) is 0 Å². The molecule has 0 radical (unpaired) electrons. The fourth-order valence-electron chi connectivity index (χ4n) is 14.0. The van der Waals surface area contributed by atoms with Gasteiger partial charge in [-0.05, 0) is 328 Å². The zero-order valence-corrected chi connectivity index (χ0v) is 68.8. The molecule has 0 fully saturated rings. The van der Waals surface area contributed by atoms with Crippen LogP contribution in [0.2, 0.25) is 0 Å². The van der Waals surface area contributed by atoms with Crippen molar-refractivity contribution >= 4 is 0 Å². The Morgan fingerprint density at radius 3 is 0.807 bits per heavy atom. The Kier molecular flexibility index (Phi) is 29.5. The quantitative estimate of drug-likeness (QED) is 0.0376. The van der Waals surface area contributed by atoms with Crippen molar-refractivity contribution in [3.8, 4) is 121 Å². The van der Waals surface area contributed by atoms with E-state index in [1.54, 1.807) is 75.4 Å². The number of phenolic OH excluding ortho intramolecular Hbond substituents is 21. The molecule has 0 aliphatic carbocycles. The molecule has 0 amide bonds. The topological polar surface area (TPSA) is 425 Å². The van der Waals surface area contributed by atoms with E-state index in [2.05, 4.69) is 0 Å². The van der Waals surface area contributed by atoms with E-state index in [9.17, 15) is 107 Å². The predicted molar refractivity (Wildman–Crippen MR) is 460 cm³/mol. The van der Waals surface area contributed by atoms with E-state index < -0.39 is 5.75 Å². The van der Waals surface area contributed by atoms with Crippen LogP contribution in [0.25, 0.3) is 0 Å². The van der Waals surface area contributed by atoms with E-state index >= 15 is 0 Å². The van der Waals surface area contributed by atoms with Gasteiger partial charge in [-0.1, -0.05) is 97.1 Å². The second kappa shape index (κ2) is 38.9. The lowest BCUT2D eigenvalue weighted by Gasteiger charge is -2.23. The van der Waals surface area contributed by atoms with E-state index in [1.165, 1.54) is 48.5 Å². The molecule has 21 heteroatoms. The van der Waals surface area contributed by atoms with Gasteiger partial charge in [-0.15, -0.1) is 0 Å². The molecule has 0 aromatic heterocycles. The van der Waals surface area contributed by atoms with Crippen LogP contribution in [0.15, 0.2) is 182 Å². The van der Waals surface area contributed by atoms with Gasteiger partial charge >= 0.3 is 0 Å². The summed E-state index contributed by atoms with van der Waals surface area (Å²) in [5, 5.41) is 202. The van der Waals surface area contributed by atoms with Crippen molar-refractivity contribution < 1.29 is 107 Å². The average Bonchev–Trinajstić information content (AvgIpc) is 0.776. The zero-order valence-electron chi connectivity index (χ0n) is 68.8. The normalized spacial score (nSPS) is 10.7. The van der Waals surface area contributed by atoms with Crippen molar-refractivity contribution in [2.45, 2.75) is 135 Å². The number of hydrogen-bond acceptors (Lipinski definition) is 21. The Hall–Kier alpha value is -14.3. The van der Waals surface area contributed by atoms with Gasteiger partial charge in [0.1, 0.15) is 46.0 Å². The van der Waals surface area contributed by atoms with Crippen molar-refractivity contribution in [1.82, 2.24) is 0 Å². The number of aromatic hydroxyl groups is 21.